The van der Waals surface area contributed by atoms with Crippen molar-refractivity contribution >= 4 is 28.3 Å². The molecule has 0 bridgehead atoms. The molecule has 34 heavy (non-hydrogen) atoms. The van der Waals surface area contributed by atoms with Crippen molar-refractivity contribution in [3.8, 4) is 0 Å². The summed E-state index contributed by atoms with van der Waals surface area (Å²) >= 11 is 0. The minimum atomic E-state index is -0.172. The normalized spacial score (nSPS) is 13.4. The minimum absolute atomic E-state index is 0.172. The highest BCUT2D eigenvalue weighted by atomic mass is 16.2. The van der Waals surface area contributed by atoms with Crippen LogP contribution in [0.5, 0.6) is 0 Å². The van der Waals surface area contributed by atoms with Gasteiger partial charge < -0.3 is 10.2 Å². The zero-order valence-electron chi connectivity index (χ0n) is 21.5. The van der Waals surface area contributed by atoms with Crippen molar-refractivity contribution in [3.63, 3.8) is 0 Å². The predicted molar refractivity (Wildman–Crippen MR) is 143 cm³/mol. The lowest BCUT2D eigenvalue weighted by atomic mass is 9.93. The van der Waals surface area contributed by atoms with E-state index in [1.54, 1.807) is 0 Å². The molecule has 1 heterocycles. The Balaban J connectivity index is 1.53. The number of imide groups is 1. The van der Waals surface area contributed by atoms with E-state index in [1.165, 1.54) is 62.7 Å². The smallest absolute Gasteiger partial charge is 0.261 e. The van der Waals surface area contributed by atoms with Gasteiger partial charge in [-0.15, -0.1) is 0 Å². The number of unbranched alkanes of at least 4 members (excludes halogenated alkanes) is 9. The van der Waals surface area contributed by atoms with Crippen molar-refractivity contribution in [2.24, 2.45) is 0 Å². The maximum absolute atomic E-state index is 13.1. The summed E-state index contributed by atoms with van der Waals surface area (Å²) in [6.07, 6.45) is 14.0. The van der Waals surface area contributed by atoms with Crippen LogP contribution in [-0.2, 0) is 0 Å². The van der Waals surface area contributed by atoms with E-state index in [-0.39, 0.29) is 11.8 Å². The molecule has 5 heteroatoms. The van der Waals surface area contributed by atoms with E-state index >= 15 is 0 Å². The lowest BCUT2D eigenvalue weighted by Gasteiger charge is -2.28. The van der Waals surface area contributed by atoms with Gasteiger partial charge in [0.1, 0.15) is 0 Å². The van der Waals surface area contributed by atoms with Crippen LogP contribution >= 0.6 is 0 Å². The van der Waals surface area contributed by atoms with Crippen LogP contribution in [0, 0.1) is 0 Å². The predicted octanol–water partition coefficient (Wildman–Crippen LogP) is 6.72. The van der Waals surface area contributed by atoms with Crippen LogP contribution in [-0.4, -0.2) is 55.3 Å². The largest absolute Gasteiger partial charge is 0.385 e. The molecule has 0 aliphatic carbocycles. The molecule has 0 radical (unpaired) electrons. The number of carbonyl (C=O) groups excluding carboxylic acids is 2. The Morgan fingerprint density at radius 3 is 2.03 bits per heavy atom. The maximum atomic E-state index is 13.1. The monoisotopic (exact) mass is 465 g/mol. The number of hydrogen-bond donors (Lipinski definition) is 1. The van der Waals surface area contributed by atoms with Crippen molar-refractivity contribution in [2.45, 2.75) is 77.6 Å². The molecule has 0 aromatic heterocycles. The lowest BCUT2D eigenvalue weighted by molar-refractivity contribution is 0.0606. The van der Waals surface area contributed by atoms with Gasteiger partial charge in [-0.3, -0.25) is 14.5 Å². The number of amides is 2. The average molecular weight is 466 g/mol. The molecule has 1 N–H and O–H groups in total. The molecule has 1 aliphatic rings. The molecule has 2 aromatic rings. The van der Waals surface area contributed by atoms with E-state index in [9.17, 15) is 9.59 Å². The Morgan fingerprint density at radius 2 is 1.38 bits per heavy atom. The molecule has 0 atom stereocenters. The van der Waals surface area contributed by atoms with Crippen LogP contribution in [0.1, 0.15) is 98.3 Å². The maximum Gasteiger partial charge on any atom is 0.261 e. The zero-order chi connectivity index (χ0) is 24.3. The summed E-state index contributed by atoms with van der Waals surface area (Å²) in [4.78, 5) is 29.7. The Kier molecular flexibility index (Phi) is 10.4. The van der Waals surface area contributed by atoms with Crippen molar-refractivity contribution in [2.75, 3.05) is 39.0 Å². The number of anilines is 1. The van der Waals surface area contributed by atoms with E-state index in [0.29, 0.717) is 17.7 Å². The van der Waals surface area contributed by atoms with E-state index in [2.05, 4.69) is 17.1 Å². The van der Waals surface area contributed by atoms with E-state index in [0.717, 1.165) is 42.4 Å². The standard InChI is InChI=1S/C29H43N3O2/c1-4-5-6-7-8-9-10-11-12-13-20-30-26-19-18-25-27-23(26)16-14-17-24(27)28(33)32(29(25)34)22-15-21-31(2)3/h14,16-19,30H,4-13,15,20-22H2,1-3H3. The summed E-state index contributed by atoms with van der Waals surface area (Å²) in [5.74, 6) is -0.345. The molecule has 2 aromatic carbocycles. The van der Waals surface area contributed by atoms with Gasteiger partial charge >= 0.3 is 0 Å². The molecule has 186 valence electrons. The van der Waals surface area contributed by atoms with Crippen LogP contribution < -0.4 is 5.32 Å². The van der Waals surface area contributed by atoms with Crippen molar-refractivity contribution in [1.82, 2.24) is 9.80 Å². The van der Waals surface area contributed by atoms with Gasteiger partial charge in [0, 0.05) is 40.7 Å². The van der Waals surface area contributed by atoms with Gasteiger partial charge in [0.2, 0.25) is 0 Å². The molecule has 0 saturated heterocycles. The molecule has 0 fully saturated rings. The Bertz CT molecular complexity index is 932. The van der Waals surface area contributed by atoms with Crippen LogP contribution in [0.25, 0.3) is 10.8 Å². The van der Waals surface area contributed by atoms with Crippen molar-refractivity contribution in [3.05, 3.63) is 41.5 Å². The third-order valence-corrected chi connectivity index (χ3v) is 6.82. The van der Waals surface area contributed by atoms with Gasteiger partial charge in [0.15, 0.2) is 0 Å². The Morgan fingerprint density at radius 1 is 0.765 bits per heavy atom. The quantitative estimate of drug-likeness (QED) is 0.221. The average Bonchev–Trinajstić information content (AvgIpc) is 2.83. The first-order valence-corrected chi connectivity index (χ1v) is 13.3. The van der Waals surface area contributed by atoms with Crippen LogP contribution in [0.15, 0.2) is 30.3 Å². The fourth-order valence-corrected chi connectivity index (χ4v) is 4.88. The number of rotatable bonds is 16. The summed E-state index contributed by atoms with van der Waals surface area (Å²) in [6.45, 7) is 4.47. The van der Waals surface area contributed by atoms with Gasteiger partial charge in [0.25, 0.3) is 11.8 Å². The van der Waals surface area contributed by atoms with Gasteiger partial charge in [-0.25, -0.2) is 0 Å². The molecule has 2 amide bonds. The van der Waals surface area contributed by atoms with Crippen LogP contribution in [0.4, 0.5) is 5.69 Å². The molecule has 0 spiro atoms. The molecule has 0 saturated carbocycles. The molecular formula is C29H43N3O2. The minimum Gasteiger partial charge on any atom is -0.385 e. The highest BCUT2D eigenvalue weighted by Gasteiger charge is 2.32. The molecule has 0 unspecified atom stereocenters. The molecule has 5 nitrogen and oxygen atoms in total. The first kappa shape index (κ1) is 26.2. The summed E-state index contributed by atoms with van der Waals surface area (Å²) in [7, 11) is 4.00. The summed E-state index contributed by atoms with van der Waals surface area (Å²) in [5.41, 5.74) is 2.29. The second-order valence-electron chi connectivity index (χ2n) is 9.92. The Hall–Kier alpha value is -2.40. The van der Waals surface area contributed by atoms with Crippen LogP contribution in [0.3, 0.4) is 0 Å². The number of hydrogen-bond acceptors (Lipinski definition) is 4. The number of nitrogens with one attached hydrogen (secondary N) is 1. The van der Waals surface area contributed by atoms with Gasteiger partial charge in [-0.05, 0) is 51.7 Å². The Labute approximate surface area is 205 Å². The number of nitrogens with zero attached hydrogens (tertiary/aromatic N) is 2. The molecule has 1 aliphatic heterocycles. The van der Waals surface area contributed by atoms with Gasteiger partial charge in [-0.2, -0.15) is 0 Å². The second-order valence-corrected chi connectivity index (χ2v) is 9.92. The van der Waals surface area contributed by atoms with E-state index in [4.69, 9.17) is 0 Å². The summed E-state index contributed by atoms with van der Waals surface area (Å²) in [5, 5.41) is 5.33. The summed E-state index contributed by atoms with van der Waals surface area (Å²) < 4.78 is 0. The van der Waals surface area contributed by atoms with Crippen LogP contribution in [0.2, 0.25) is 0 Å². The third kappa shape index (κ3) is 6.82. The highest BCUT2D eigenvalue weighted by Crippen LogP contribution is 2.34. The lowest BCUT2D eigenvalue weighted by Crippen LogP contribution is -2.41. The zero-order valence-corrected chi connectivity index (χ0v) is 21.5. The van der Waals surface area contributed by atoms with Crippen molar-refractivity contribution in [1.29, 1.82) is 0 Å². The third-order valence-electron chi connectivity index (χ3n) is 6.82. The topological polar surface area (TPSA) is 52.7 Å². The fraction of sp³-hybridized carbons (Fsp3) is 0.586. The number of benzene rings is 2. The van der Waals surface area contributed by atoms with Crippen molar-refractivity contribution < 1.29 is 9.59 Å². The number of carbonyl (C=O) groups is 2. The van der Waals surface area contributed by atoms with Gasteiger partial charge in [0.05, 0.1) is 0 Å². The highest BCUT2D eigenvalue weighted by molar-refractivity contribution is 6.26. The first-order chi connectivity index (χ1) is 16.5. The summed E-state index contributed by atoms with van der Waals surface area (Å²) in [6, 6.07) is 9.69. The van der Waals surface area contributed by atoms with Gasteiger partial charge in [-0.1, -0.05) is 76.8 Å². The second kappa shape index (κ2) is 13.5. The first-order valence-electron chi connectivity index (χ1n) is 13.3. The molecular weight excluding hydrogens is 422 g/mol. The van der Waals surface area contributed by atoms with E-state index in [1.807, 2.05) is 44.4 Å². The SMILES string of the molecule is CCCCCCCCCCCCNc1ccc2c3c(cccc13)C(=O)N(CCCN(C)C)C2=O. The van der Waals surface area contributed by atoms with E-state index < -0.39 is 0 Å². The molecule has 3 rings (SSSR count). The fourth-order valence-electron chi connectivity index (χ4n) is 4.88.